The molecule has 1 aromatic carbocycles. The van der Waals surface area contributed by atoms with Crippen molar-refractivity contribution >= 4 is 11.9 Å². The van der Waals surface area contributed by atoms with Crippen LogP contribution in [0.15, 0.2) is 24.3 Å². The Labute approximate surface area is 114 Å². The van der Waals surface area contributed by atoms with Gasteiger partial charge in [-0.2, -0.15) is 8.78 Å². The van der Waals surface area contributed by atoms with Crippen LogP contribution < -0.4 is 4.74 Å². The normalized spacial score (nSPS) is 10.4. The number of halogens is 2. The van der Waals surface area contributed by atoms with Crippen molar-refractivity contribution < 1.29 is 28.2 Å². The monoisotopic (exact) mass is 287 g/mol. The van der Waals surface area contributed by atoms with Gasteiger partial charge in [-0.3, -0.25) is 9.59 Å². The molecule has 110 valence electrons. The fourth-order valence-electron chi connectivity index (χ4n) is 1.60. The molecule has 0 radical (unpaired) electrons. The number of rotatable bonds is 7. The molecule has 0 bridgehead atoms. The Kier molecular flexibility index (Phi) is 5.89. The van der Waals surface area contributed by atoms with Gasteiger partial charge in [0.1, 0.15) is 5.75 Å². The Balaban J connectivity index is 2.72. The highest BCUT2D eigenvalue weighted by Crippen LogP contribution is 2.16. The van der Waals surface area contributed by atoms with Gasteiger partial charge >= 0.3 is 12.6 Å². The van der Waals surface area contributed by atoms with Crippen LogP contribution in [0.5, 0.6) is 5.75 Å². The molecule has 1 N–H and O–H groups in total. The maximum absolute atomic E-state index is 12.1. The molecule has 0 aliphatic heterocycles. The molecule has 0 atom stereocenters. The minimum atomic E-state index is -2.92. The van der Waals surface area contributed by atoms with Crippen molar-refractivity contribution in [2.24, 2.45) is 0 Å². The minimum absolute atomic E-state index is 0.0369. The summed E-state index contributed by atoms with van der Waals surface area (Å²) in [5.41, 5.74) is 0.291. The number of alkyl halides is 2. The predicted molar refractivity (Wildman–Crippen MR) is 66.9 cm³/mol. The largest absolute Gasteiger partial charge is 0.481 e. The lowest BCUT2D eigenvalue weighted by molar-refractivity contribution is -0.137. The van der Waals surface area contributed by atoms with Gasteiger partial charge < -0.3 is 14.7 Å². The van der Waals surface area contributed by atoms with E-state index in [9.17, 15) is 18.4 Å². The van der Waals surface area contributed by atoms with E-state index in [1.165, 1.54) is 29.2 Å². The second-order valence-corrected chi connectivity index (χ2v) is 3.93. The molecule has 0 aliphatic rings. The number of amides is 1. The third-order valence-electron chi connectivity index (χ3n) is 2.59. The first-order valence-corrected chi connectivity index (χ1v) is 6.00. The number of carbonyl (C=O) groups excluding carboxylic acids is 1. The van der Waals surface area contributed by atoms with E-state index in [1.807, 2.05) is 0 Å². The first-order valence-electron chi connectivity index (χ1n) is 6.00. The third-order valence-corrected chi connectivity index (χ3v) is 2.59. The Hall–Kier alpha value is -2.18. The topological polar surface area (TPSA) is 66.8 Å². The van der Waals surface area contributed by atoms with Gasteiger partial charge in [-0.25, -0.2) is 0 Å². The zero-order valence-electron chi connectivity index (χ0n) is 10.9. The van der Waals surface area contributed by atoms with Crippen LogP contribution in [0.25, 0.3) is 0 Å². The molecule has 0 spiro atoms. The highest BCUT2D eigenvalue weighted by atomic mass is 19.3. The summed E-state index contributed by atoms with van der Waals surface area (Å²) in [7, 11) is 0. The average Bonchev–Trinajstić information content (AvgIpc) is 2.39. The van der Waals surface area contributed by atoms with Crippen LogP contribution in [-0.4, -0.2) is 41.6 Å². The molecule has 0 heterocycles. The third kappa shape index (κ3) is 4.83. The van der Waals surface area contributed by atoms with Gasteiger partial charge in [0, 0.05) is 18.7 Å². The van der Waals surface area contributed by atoms with Crippen LogP contribution in [0.2, 0.25) is 0 Å². The van der Waals surface area contributed by atoms with Gasteiger partial charge in [-0.05, 0) is 31.2 Å². The molecular weight excluding hydrogens is 272 g/mol. The summed E-state index contributed by atoms with van der Waals surface area (Å²) < 4.78 is 28.1. The summed E-state index contributed by atoms with van der Waals surface area (Å²) in [6.45, 7) is -0.727. The highest BCUT2D eigenvalue weighted by molar-refractivity contribution is 5.94. The quantitative estimate of drug-likeness (QED) is 0.835. The Morgan fingerprint density at radius 1 is 1.30 bits per heavy atom. The average molecular weight is 287 g/mol. The maximum atomic E-state index is 12.1. The fourth-order valence-corrected chi connectivity index (χ4v) is 1.60. The summed E-state index contributed by atoms with van der Waals surface area (Å²) in [6, 6.07) is 5.27. The molecule has 20 heavy (non-hydrogen) atoms. The van der Waals surface area contributed by atoms with E-state index >= 15 is 0 Å². The molecular formula is C13H15F2NO4. The van der Waals surface area contributed by atoms with Gasteiger partial charge in [-0.15, -0.1) is 0 Å². The molecule has 1 aromatic rings. The van der Waals surface area contributed by atoms with E-state index in [1.54, 1.807) is 6.92 Å². The van der Waals surface area contributed by atoms with Crippen LogP contribution >= 0.6 is 0 Å². The molecule has 0 saturated heterocycles. The van der Waals surface area contributed by atoms with E-state index in [4.69, 9.17) is 5.11 Å². The molecule has 0 unspecified atom stereocenters. The molecule has 1 amide bonds. The zero-order chi connectivity index (χ0) is 15.1. The maximum Gasteiger partial charge on any atom is 0.387 e. The molecule has 7 heteroatoms. The van der Waals surface area contributed by atoms with E-state index in [2.05, 4.69) is 4.74 Å². The first-order chi connectivity index (χ1) is 9.43. The summed E-state index contributed by atoms with van der Waals surface area (Å²) in [5.74, 6) is -1.38. The van der Waals surface area contributed by atoms with Crippen molar-refractivity contribution in [2.75, 3.05) is 13.1 Å². The first kappa shape index (κ1) is 15.9. The van der Waals surface area contributed by atoms with Crippen molar-refractivity contribution in [3.05, 3.63) is 29.8 Å². The zero-order valence-corrected chi connectivity index (χ0v) is 10.9. The van der Waals surface area contributed by atoms with Gasteiger partial charge in [0.25, 0.3) is 5.91 Å². The molecule has 0 fully saturated rings. The number of carboxylic acids is 1. The molecule has 0 aromatic heterocycles. The summed E-state index contributed by atoms with van der Waals surface area (Å²) in [5, 5.41) is 8.61. The van der Waals surface area contributed by atoms with Crippen molar-refractivity contribution in [3.8, 4) is 5.75 Å². The summed E-state index contributed by atoms with van der Waals surface area (Å²) >= 11 is 0. The van der Waals surface area contributed by atoms with Crippen molar-refractivity contribution in [1.29, 1.82) is 0 Å². The second-order valence-electron chi connectivity index (χ2n) is 3.93. The smallest absolute Gasteiger partial charge is 0.387 e. The summed E-state index contributed by atoms with van der Waals surface area (Å²) in [6.07, 6.45) is -0.147. The van der Waals surface area contributed by atoms with Gasteiger partial charge in [0.2, 0.25) is 0 Å². The number of carbonyl (C=O) groups is 2. The highest BCUT2D eigenvalue weighted by Gasteiger charge is 2.15. The van der Waals surface area contributed by atoms with Crippen LogP contribution in [0.4, 0.5) is 8.78 Å². The Bertz CT molecular complexity index is 462. The van der Waals surface area contributed by atoms with E-state index in [-0.39, 0.29) is 24.6 Å². The van der Waals surface area contributed by atoms with Crippen LogP contribution in [-0.2, 0) is 4.79 Å². The van der Waals surface area contributed by atoms with Crippen LogP contribution in [0.1, 0.15) is 23.7 Å². The Morgan fingerprint density at radius 3 is 2.35 bits per heavy atom. The van der Waals surface area contributed by atoms with Crippen molar-refractivity contribution in [1.82, 2.24) is 4.90 Å². The van der Waals surface area contributed by atoms with Gasteiger partial charge in [0.15, 0.2) is 0 Å². The Morgan fingerprint density at radius 2 is 1.90 bits per heavy atom. The number of hydrogen-bond donors (Lipinski definition) is 1. The van der Waals surface area contributed by atoms with E-state index in [0.717, 1.165) is 0 Å². The van der Waals surface area contributed by atoms with Gasteiger partial charge in [0.05, 0.1) is 6.42 Å². The number of carboxylic acid groups (broad SMARTS) is 1. The van der Waals surface area contributed by atoms with Crippen LogP contribution in [0.3, 0.4) is 0 Å². The lowest BCUT2D eigenvalue weighted by atomic mass is 10.2. The van der Waals surface area contributed by atoms with Crippen molar-refractivity contribution in [2.45, 2.75) is 20.0 Å². The lowest BCUT2D eigenvalue weighted by Gasteiger charge is -2.20. The predicted octanol–water partition coefficient (Wildman–Crippen LogP) is 2.22. The number of benzene rings is 1. The lowest BCUT2D eigenvalue weighted by Crippen LogP contribution is -2.32. The molecule has 1 rings (SSSR count). The SMILES string of the molecule is CCN(CCC(=O)O)C(=O)c1ccc(OC(F)F)cc1. The number of aliphatic carboxylic acids is 1. The van der Waals surface area contributed by atoms with E-state index in [0.29, 0.717) is 12.1 Å². The molecule has 0 aliphatic carbocycles. The summed E-state index contributed by atoms with van der Waals surface area (Å²) in [4.78, 5) is 23.9. The van der Waals surface area contributed by atoms with Gasteiger partial charge in [-0.1, -0.05) is 0 Å². The van der Waals surface area contributed by atoms with Crippen molar-refractivity contribution in [3.63, 3.8) is 0 Å². The number of ether oxygens (including phenoxy) is 1. The number of hydrogen-bond acceptors (Lipinski definition) is 3. The standard InChI is InChI=1S/C13H15F2NO4/c1-2-16(8-7-11(17)18)12(19)9-3-5-10(6-4-9)20-13(14)15/h3-6,13H,2,7-8H2,1H3,(H,17,18). The van der Waals surface area contributed by atoms with E-state index < -0.39 is 12.6 Å². The number of nitrogens with zero attached hydrogens (tertiary/aromatic N) is 1. The second kappa shape index (κ2) is 7.42. The molecule has 0 saturated carbocycles. The minimum Gasteiger partial charge on any atom is -0.481 e. The fraction of sp³-hybridized carbons (Fsp3) is 0.385. The van der Waals surface area contributed by atoms with Crippen LogP contribution in [0, 0.1) is 0 Å². The molecule has 5 nitrogen and oxygen atoms in total.